The third-order valence-electron chi connectivity index (χ3n) is 2.55. The number of unbranched alkanes of at least 4 members (excludes halogenated alkanes) is 1. The average molecular weight is 254 g/mol. The van der Waals surface area contributed by atoms with Crippen LogP contribution >= 0.6 is 0 Å². The maximum absolute atomic E-state index is 11.4. The number of carbonyl (C=O) groups is 2. The first-order valence-corrected chi connectivity index (χ1v) is 6.04. The van der Waals surface area contributed by atoms with Gasteiger partial charge in [-0.1, -0.05) is 19.8 Å². The van der Waals surface area contributed by atoms with Gasteiger partial charge in [0.25, 0.3) is 0 Å². The van der Waals surface area contributed by atoms with E-state index in [0.717, 1.165) is 12.8 Å². The van der Waals surface area contributed by atoms with Crippen molar-refractivity contribution in [2.24, 2.45) is 0 Å². The van der Waals surface area contributed by atoms with E-state index in [9.17, 15) is 9.59 Å². The lowest BCUT2D eigenvalue weighted by molar-refractivity contribution is -0.141. The Bertz CT molecular complexity index is 414. The maximum atomic E-state index is 11.4. The summed E-state index contributed by atoms with van der Waals surface area (Å²) in [5.41, 5.74) is 0.277. The molecule has 0 bridgehead atoms. The van der Waals surface area contributed by atoms with E-state index >= 15 is 0 Å². The van der Waals surface area contributed by atoms with Crippen LogP contribution in [0.25, 0.3) is 0 Å². The summed E-state index contributed by atoms with van der Waals surface area (Å²) in [4.78, 5) is 22.6. The lowest BCUT2D eigenvalue weighted by Gasteiger charge is -2.11. The molecule has 18 heavy (non-hydrogen) atoms. The van der Waals surface area contributed by atoms with E-state index in [-0.39, 0.29) is 12.2 Å². The fourth-order valence-electron chi connectivity index (χ4n) is 1.59. The highest BCUT2D eigenvalue weighted by Gasteiger charge is 2.21. The molecule has 1 aromatic heterocycles. The monoisotopic (exact) mass is 254 g/mol. The Morgan fingerprint density at radius 1 is 1.50 bits per heavy atom. The third-order valence-corrected chi connectivity index (χ3v) is 2.55. The minimum Gasteiger partial charge on any atom is -0.480 e. The number of aromatic nitrogens is 2. The van der Waals surface area contributed by atoms with Crippen molar-refractivity contribution in [2.75, 3.05) is 6.61 Å². The van der Waals surface area contributed by atoms with Gasteiger partial charge in [0, 0.05) is 6.20 Å². The molecule has 0 aliphatic heterocycles. The topological polar surface area (TPSA) is 81.4 Å². The second-order valence-corrected chi connectivity index (χ2v) is 3.93. The van der Waals surface area contributed by atoms with Gasteiger partial charge in [-0.15, -0.1) is 0 Å². The zero-order valence-corrected chi connectivity index (χ0v) is 10.6. The largest absolute Gasteiger partial charge is 0.480 e. The van der Waals surface area contributed by atoms with Crippen molar-refractivity contribution in [3.63, 3.8) is 0 Å². The number of esters is 1. The van der Waals surface area contributed by atoms with Gasteiger partial charge in [-0.2, -0.15) is 5.10 Å². The summed E-state index contributed by atoms with van der Waals surface area (Å²) in [6.45, 7) is 3.98. The standard InChI is InChI=1S/C12H18N2O4/c1-3-5-6-10(11(15)16)14-8-9(7-13-14)12(17)18-4-2/h7-8,10H,3-6H2,1-2H3,(H,15,16). The number of carboxylic acids is 1. The van der Waals surface area contributed by atoms with Crippen LogP contribution in [-0.2, 0) is 9.53 Å². The van der Waals surface area contributed by atoms with E-state index in [1.807, 2.05) is 6.92 Å². The Morgan fingerprint density at radius 2 is 2.22 bits per heavy atom. The lowest BCUT2D eigenvalue weighted by Crippen LogP contribution is -2.19. The molecule has 0 spiro atoms. The quantitative estimate of drug-likeness (QED) is 0.751. The molecule has 6 heteroatoms. The minimum absolute atomic E-state index is 0.277. The first-order chi connectivity index (χ1) is 8.60. The molecule has 0 saturated carbocycles. The van der Waals surface area contributed by atoms with E-state index in [4.69, 9.17) is 9.84 Å². The number of carboxylic acid groups (broad SMARTS) is 1. The normalized spacial score (nSPS) is 12.1. The number of hydrogen-bond acceptors (Lipinski definition) is 4. The molecule has 1 heterocycles. The summed E-state index contributed by atoms with van der Waals surface area (Å²) in [5.74, 6) is -1.43. The summed E-state index contributed by atoms with van der Waals surface area (Å²) >= 11 is 0. The Hall–Kier alpha value is -1.85. The second kappa shape index (κ2) is 6.78. The Kier molecular flexibility index (Phi) is 5.35. The van der Waals surface area contributed by atoms with Crippen LogP contribution in [0, 0.1) is 0 Å². The summed E-state index contributed by atoms with van der Waals surface area (Å²) in [5, 5.41) is 13.1. The lowest BCUT2D eigenvalue weighted by atomic mass is 10.1. The fraction of sp³-hybridized carbons (Fsp3) is 0.583. The van der Waals surface area contributed by atoms with Crippen LogP contribution in [0.15, 0.2) is 12.4 Å². The van der Waals surface area contributed by atoms with Gasteiger partial charge in [-0.05, 0) is 13.3 Å². The smallest absolute Gasteiger partial charge is 0.341 e. The summed E-state index contributed by atoms with van der Waals surface area (Å²) in [6.07, 6.45) is 4.96. The summed E-state index contributed by atoms with van der Waals surface area (Å²) in [7, 11) is 0. The van der Waals surface area contributed by atoms with Gasteiger partial charge in [0.05, 0.1) is 18.4 Å². The van der Waals surface area contributed by atoms with Crippen molar-refractivity contribution >= 4 is 11.9 Å². The van der Waals surface area contributed by atoms with Crippen LogP contribution in [0.2, 0.25) is 0 Å². The predicted molar refractivity (Wildman–Crippen MR) is 64.4 cm³/mol. The van der Waals surface area contributed by atoms with Crippen LogP contribution in [0.1, 0.15) is 49.5 Å². The second-order valence-electron chi connectivity index (χ2n) is 3.93. The van der Waals surface area contributed by atoms with Crippen molar-refractivity contribution in [3.8, 4) is 0 Å². The molecule has 1 rings (SSSR count). The van der Waals surface area contributed by atoms with Crippen molar-refractivity contribution in [2.45, 2.75) is 39.2 Å². The highest BCUT2D eigenvalue weighted by Crippen LogP contribution is 2.15. The summed E-state index contributed by atoms with van der Waals surface area (Å²) < 4.78 is 6.13. The van der Waals surface area contributed by atoms with Crippen LogP contribution in [-0.4, -0.2) is 33.4 Å². The molecule has 0 amide bonds. The molecule has 0 radical (unpaired) electrons. The first kappa shape index (κ1) is 14.2. The molecule has 6 nitrogen and oxygen atoms in total. The van der Waals surface area contributed by atoms with E-state index in [2.05, 4.69) is 5.10 Å². The van der Waals surface area contributed by atoms with Gasteiger partial charge >= 0.3 is 11.9 Å². The number of aliphatic carboxylic acids is 1. The number of ether oxygens (including phenoxy) is 1. The van der Waals surface area contributed by atoms with Crippen molar-refractivity contribution < 1.29 is 19.4 Å². The number of rotatable bonds is 7. The third kappa shape index (κ3) is 3.58. The van der Waals surface area contributed by atoms with Gasteiger partial charge in [0.1, 0.15) is 6.04 Å². The molecule has 1 aromatic rings. The number of hydrogen-bond donors (Lipinski definition) is 1. The van der Waals surface area contributed by atoms with Gasteiger partial charge in [0.15, 0.2) is 0 Å². The molecule has 0 saturated heterocycles. The van der Waals surface area contributed by atoms with Crippen LogP contribution in [0.4, 0.5) is 0 Å². The molecular weight excluding hydrogens is 236 g/mol. The number of carbonyl (C=O) groups excluding carboxylic acids is 1. The van der Waals surface area contributed by atoms with Crippen molar-refractivity contribution in [3.05, 3.63) is 18.0 Å². The Labute approximate surface area is 106 Å². The van der Waals surface area contributed by atoms with E-state index in [0.29, 0.717) is 6.42 Å². The van der Waals surface area contributed by atoms with Gasteiger partial charge in [-0.3, -0.25) is 4.68 Å². The van der Waals surface area contributed by atoms with Crippen LogP contribution < -0.4 is 0 Å². The molecule has 1 atom stereocenters. The van der Waals surface area contributed by atoms with E-state index in [1.165, 1.54) is 17.1 Å². The molecule has 100 valence electrons. The van der Waals surface area contributed by atoms with Gasteiger partial charge in [-0.25, -0.2) is 9.59 Å². The molecule has 1 unspecified atom stereocenters. The van der Waals surface area contributed by atoms with Crippen molar-refractivity contribution in [1.29, 1.82) is 0 Å². The van der Waals surface area contributed by atoms with Gasteiger partial charge in [0.2, 0.25) is 0 Å². The molecule has 1 N–H and O–H groups in total. The highest BCUT2D eigenvalue weighted by molar-refractivity contribution is 5.88. The Balaban J connectivity index is 2.80. The van der Waals surface area contributed by atoms with E-state index < -0.39 is 18.0 Å². The van der Waals surface area contributed by atoms with Crippen molar-refractivity contribution in [1.82, 2.24) is 9.78 Å². The molecule has 0 fully saturated rings. The average Bonchev–Trinajstić information content (AvgIpc) is 2.79. The molecule has 0 aromatic carbocycles. The molecular formula is C12H18N2O4. The minimum atomic E-state index is -0.943. The highest BCUT2D eigenvalue weighted by atomic mass is 16.5. The molecule has 0 aliphatic carbocycles. The first-order valence-electron chi connectivity index (χ1n) is 6.04. The maximum Gasteiger partial charge on any atom is 0.341 e. The fourth-order valence-corrected chi connectivity index (χ4v) is 1.59. The Morgan fingerprint density at radius 3 is 2.78 bits per heavy atom. The van der Waals surface area contributed by atoms with Crippen LogP contribution in [0.5, 0.6) is 0 Å². The van der Waals surface area contributed by atoms with Crippen LogP contribution in [0.3, 0.4) is 0 Å². The SMILES string of the molecule is CCCCC(C(=O)O)n1cc(C(=O)OCC)cn1. The van der Waals surface area contributed by atoms with E-state index in [1.54, 1.807) is 6.92 Å². The van der Waals surface area contributed by atoms with Gasteiger partial charge < -0.3 is 9.84 Å². The predicted octanol–water partition coefficient (Wildman–Crippen LogP) is 1.88. The zero-order chi connectivity index (χ0) is 13.5. The molecule has 0 aliphatic rings. The zero-order valence-electron chi connectivity index (χ0n) is 10.6. The number of nitrogens with zero attached hydrogens (tertiary/aromatic N) is 2. The summed E-state index contributed by atoms with van der Waals surface area (Å²) in [6, 6.07) is -0.729.